The van der Waals surface area contributed by atoms with E-state index in [4.69, 9.17) is 42.6 Å². The van der Waals surface area contributed by atoms with Crippen molar-refractivity contribution in [3.8, 4) is 23.0 Å². The van der Waals surface area contributed by atoms with Crippen LogP contribution in [0.1, 0.15) is 51.7 Å². The van der Waals surface area contributed by atoms with Crippen LogP contribution in [0.3, 0.4) is 0 Å². The second-order valence-electron chi connectivity index (χ2n) is 12.2. The highest BCUT2D eigenvalue weighted by atomic mass is 16.7. The van der Waals surface area contributed by atoms with Crippen LogP contribution in [0, 0.1) is 0 Å². The number of aliphatic hydroxyl groups excluding tert-OH is 2. The Morgan fingerprint density at radius 3 is 1.29 bits per heavy atom. The summed E-state index contributed by atoms with van der Waals surface area (Å²) < 4.78 is 50.6. The molecule has 0 spiro atoms. The third kappa shape index (κ3) is 12.6. The van der Waals surface area contributed by atoms with Gasteiger partial charge in [0.25, 0.3) is 0 Å². The average Bonchev–Trinajstić information content (AvgIpc) is 3.47. The Labute approximate surface area is 266 Å². The van der Waals surface area contributed by atoms with E-state index in [1.54, 1.807) is 0 Å². The first kappa shape index (κ1) is 35.2. The van der Waals surface area contributed by atoms with Crippen molar-refractivity contribution in [3.63, 3.8) is 0 Å². The summed E-state index contributed by atoms with van der Waals surface area (Å²) >= 11 is 0. The summed E-state index contributed by atoms with van der Waals surface area (Å²) in [6.07, 6.45) is 1.97. The van der Waals surface area contributed by atoms with E-state index < -0.39 is 23.8 Å². The Hall–Kier alpha value is -2.64. The van der Waals surface area contributed by atoms with Gasteiger partial charge in [0, 0.05) is 40.9 Å². The lowest BCUT2D eigenvalue weighted by Gasteiger charge is -2.16. The van der Waals surface area contributed by atoms with E-state index in [-0.39, 0.29) is 26.4 Å². The van der Waals surface area contributed by atoms with Crippen LogP contribution in [-0.2, 0) is 36.5 Å². The summed E-state index contributed by atoms with van der Waals surface area (Å²) in [4.78, 5) is 0. The molecule has 2 aromatic carbocycles. The molecule has 0 bridgehead atoms. The summed E-state index contributed by atoms with van der Waals surface area (Å²) in [5.41, 5.74) is 2.31. The maximum absolute atomic E-state index is 10.1. The molecule has 0 saturated heterocycles. The standard InChI is InChI=1S/C34H50O11/c1-33(2)42-29-11-9-25(19-31(29)44-33)7-5-13-38-21-27(35)23-40-17-15-37-16-18-41-24-28(36)22-39-14-6-8-26-10-12-30-32(20-26)45-34(3,4)43-30/h9-12,19-20,27-28,35-36H,5-8,13-18,21-24H2,1-4H3. The molecule has 4 rings (SSSR count). The molecule has 2 aliphatic heterocycles. The van der Waals surface area contributed by atoms with Crippen molar-refractivity contribution in [2.24, 2.45) is 0 Å². The molecule has 2 aliphatic rings. The molecular weight excluding hydrogens is 584 g/mol. The minimum absolute atomic E-state index is 0.180. The highest BCUT2D eigenvalue weighted by Crippen LogP contribution is 2.40. The summed E-state index contributed by atoms with van der Waals surface area (Å²) in [5, 5.41) is 20.1. The van der Waals surface area contributed by atoms with Crippen LogP contribution in [0.25, 0.3) is 0 Å². The first-order chi connectivity index (χ1) is 21.6. The van der Waals surface area contributed by atoms with E-state index in [1.165, 1.54) is 0 Å². The van der Waals surface area contributed by atoms with Gasteiger partial charge < -0.3 is 52.8 Å². The Kier molecular flexibility index (Phi) is 13.6. The number of ether oxygens (including phenoxy) is 9. The van der Waals surface area contributed by atoms with Crippen LogP contribution in [0.5, 0.6) is 23.0 Å². The molecule has 0 fully saturated rings. The molecule has 45 heavy (non-hydrogen) atoms. The van der Waals surface area contributed by atoms with E-state index in [2.05, 4.69) is 0 Å². The van der Waals surface area contributed by atoms with Gasteiger partial charge in [0.1, 0.15) is 12.2 Å². The third-order valence-corrected chi connectivity index (χ3v) is 6.93. The second kappa shape index (κ2) is 17.3. The van der Waals surface area contributed by atoms with Gasteiger partial charge in [0.15, 0.2) is 23.0 Å². The smallest absolute Gasteiger partial charge is 0.246 e. The molecule has 2 atom stereocenters. The fraction of sp³-hybridized carbons (Fsp3) is 0.647. The zero-order chi connectivity index (χ0) is 32.1. The summed E-state index contributed by atoms with van der Waals surface area (Å²) in [6, 6.07) is 12.0. The van der Waals surface area contributed by atoms with E-state index in [1.807, 2.05) is 64.1 Å². The molecule has 2 unspecified atom stereocenters. The van der Waals surface area contributed by atoms with Crippen LogP contribution < -0.4 is 18.9 Å². The molecule has 11 nitrogen and oxygen atoms in total. The first-order valence-electron chi connectivity index (χ1n) is 15.9. The predicted octanol–water partition coefficient (Wildman–Crippen LogP) is 4.07. The molecular formula is C34H50O11. The third-order valence-electron chi connectivity index (χ3n) is 6.93. The number of rotatable bonds is 22. The van der Waals surface area contributed by atoms with E-state index in [9.17, 15) is 10.2 Å². The van der Waals surface area contributed by atoms with Crippen molar-refractivity contribution in [2.75, 3.05) is 66.1 Å². The zero-order valence-electron chi connectivity index (χ0n) is 27.1. The van der Waals surface area contributed by atoms with Crippen LogP contribution >= 0.6 is 0 Å². The molecule has 0 saturated carbocycles. The van der Waals surface area contributed by atoms with Crippen LogP contribution in [0.2, 0.25) is 0 Å². The van der Waals surface area contributed by atoms with Gasteiger partial charge in [-0.15, -0.1) is 0 Å². The van der Waals surface area contributed by atoms with E-state index in [0.29, 0.717) is 39.6 Å². The lowest BCUT2D eigenvalue weighted by molar-refractivity contribution is -0.0474. The van der Waals surface area contributed by atoms with E-state index in [0.717, 1.165) is 59.8 Å². The van der Waals surface area contributed by atoms with Gasteiger partial charge in [-0.25, -0.2) is 0 Å². The fourth-order valence-electron chi connectivity index (χ4n) is 4.91. The minimum atomic E-state index is -0.693. The quantitative estimate of drug-likeness (QED) is 0.182. The zero-order valence-corrected chi connectivity index (χ0v) is 27.1. The monoisotopic (exact) mass is 634 g/mol. The molecule has 11 heteroatoms. The van der Waals surface area contributed by atoms with Crippen molar-refractivity contribution < 1.29 is 52.8 Å². The molecule has 252 valence electrons. The molecule has 2 aromatic rings. The molecule has 0 amide bonds. The molecule has 0 aromatic heterocycles. The number of fused-ring (bicyclic) bond motifs is 2. The minimum Gasteiger partial charge on any atom is -0.449 e. The van der Waals surface area contributed by atoms with Gasteiger partial charge in [-0.2, -0.15) is 0 Å². The number of benzene rings is 2. The lowest BCUT2D eigenvalue weighted by Crippen LogP contribution is -2.29. The molecule has 0 aliphatic carbocycles. The number of hydrogen-bond donors (Lipinski definition) is 2. The Morgan fingerprint density at radius 1 is 0.511 bits per heavy atom. The van der Waals surface area contributed by atoms with Gasteiger partial charge in [0.05, 0.1) is 52.9 Å². The Bertz CT molecular complexity index is 1080. The van der Waals surface area contributed by atoms with Gasteiger partial charge >= 0.3 is 0 Å². The van der Waals surface area contributed by atoms with E-state index >= 15 is 0 Å². The van der Waals surface area contributed by atoms with Crippen LogP contribution in [0.15, 0.2) is 36.4 Å². The van der Waals surface area contributed by atoms with Gasteiger partial charge in [-0.1, -0.05) is 12.1 Å². The lowest BCUT2D eigenvalue weighted by atomic mass is 10.1. The normalized spacial score (nSPS) is 17.0. The Balaban J connectivity index is 0.891. The molecule has 0 radical (unpaired) electrons. The van der Waals surface area contributed by atoms with Crippen molar-refractivity contribution in [3.05, 3.63) is 47.5 Å². The summed E-state index contributed by atoms with van der Waals surface area (Å²) in [7, 11) is 0. The maximum atomic E-state index is 10.1. The molecule has 2 heterocycles. The fourth-order valence-corrected chi connectivity index (χ4v) is 4.91. The van der Waals surface area contributed by atoms with Crippen molar-refractivity contribution in [1.29, 1.82) is 0 Å². The maximum Gasteiger partial charge on any atom is 0.246 e. The second-order valence-corrected chi connectivity index (χ2v) is 12.2. The summed E-state index contributed by atoms with van der Waals surface area (Å²) in [6.45, 7) is 10.9. The Morgan fingerprint density at radius 2 is 0.867 bits per heavy atom. The van der Waals surface area contributed by atoms with Crippen molar-refractivity contribution >= 4 is 0 Å². The average molecular weight is 635 g/mol. The highest BCUT2D eigenvalue weighted by molar-refractivity contribution is 5.46. The van der Waals surface area contributed by atoms with Crippen LogP contribution in [-0.4, -0.2) is 100 Å². The highest BCUT2D eigenvalue weighted by Gasteiger charge is 2.32. The topological polar surface area (TPSA) is 124 Å². The van der Waals surface area contributed by atoms with Crippen molar-refractivity contribution in [1.82, 2.24) is 0 Å². The number of aryl methyl sites for hydroxylation is 2. The van der Waals surface area contributed by atoms with Crippen LogP contribution in [0.4, 0.5) is 0 Å². The largest absolute Gasteiger partial charge is 0.449 e. The molecule has 2 N–H and O–H groups in total. The first-order valence-corrected chi connectivity index (χ1v) is 15.9. The number of aliphatic hydroxyl groups is 2. The van der Waals surface area contributed by atoms with Gasteiger partial charge in [0.2, 0.25) is 11.6 Å². The number of hydrogen-bond acceptors (Lipinski definition) is 11. The van der Waals surface area contributed by atoms with Gasteiger partial charge in [-0.3, -0.25) is 0 Å². The van der Waals surface area contributed by atoms with Crippen molar-refractivity contribution in [2.45, 2.75) is 77.2 Å². The SMILES string of the molecule is CC1(C)Oc2ccc(CCCOCC(O)COCCOCCOCC(O)COCCCc3ccc4c(c3)OC(C)(C)O4)cc2O1. The van der Waals surface area contributed by atoms with Gasteiger partial charge in [-0.05, 0) is 61.1 Å². The summed E-state index contributed by atoms with van der Waals surface area (Å²) in [5.74, 6) is 1.83. The predicted molar refractivity (Wildman–Crippen MR) is 166 cm³/mol.